The minimum absolute atomic E-state index is 0.0387. The van der Waals surface area contributed by atoms with E-state index in [0.29, 0.717) is 19.6 Å². The third kappa shape index (κ3) is 9.79. The standard InChI is InChI=1S/C25H36N2O3/c1-24(2,3)26-17-21(27-23(28)30-25(4,5)6)16-19-12-14-22(15-13-19)29-18-20-10-8-7-9-11-20/h7-15,21,26H,16-18H2,1-6H3,(H,27,28). The highest BCUT2D eigenvalue weighted by molar-refractivity contribution is 5.68. The van der Waals surface area contributed by atoms with Crippen LogP contribution in [0.15, 0.2) is 54.6 Å². The fourth-order valence-electron chi connectivity index (χ4n) is 2.83. The van der Waals surface area contributed by atoms with Crippen molar-refractivity contribution in [2.24, 2.45) is 0 Å². The van der Waals surface area contributed by atoms with E-state index in [0.717, 1.165) is 16.9 Å². The molecule has 2 rings (SSSR count). The molecule has 5 heteroatoms. The first-order chi connectivity index (χ1) is 14.0. The van der Waals surface area contributed by atoms with E-state index < -0.39 is 11.7 Å². The minimum atomic E-state index is -0.524. The highest BCUT2D eigenvalue weighted by Gasteiger charge is 2.21. The van der Waals surface area contributed by atoms with Gasteiger partial charge < -0.3 is 20.1 Å². The second-order valence-corrected chi connectivity index (χ2v) is 9.60. The molecule has 0 aromatic heterocycles. The zero-order chi connectivity index (χ0) is 22.2. The largest absolute Gasteiger partial charge is 0.489 e. The molecule has 0 radical (unpaired) electrons. The Bertz CT molecular complexity index is 775. The molecule has 5 nitrogen and oxygen atoms in total. The zero-order valence-electron chi connectivity index (χ0n) is 19.1. The first kappa shape index (κ1) is 23.7. The van der Waals surface area contributed by atoms with Gasteiger partial charge in [-0.1, -0.05) is 42.5 Å². The quantitative estimate of drug-likeness (QED) is 0.634. The Morgan fingerprint density at radius 1 is 0.900 bits per heavy atom. The lowest BCUT2D eigenvalue weighted by molar-refractivity contribution is 0.0502. The number of ether oxygens (including phenoxy) is 2. The van der Waals surface area contributed by atoms with Crippen LogP contribution in [0.5, 0.6) is 5.75 Å². The van der Waals surface area contributed by atoms with E-state index in [1.54, 1.807) is 0 Å². The summed E-state index contributed by atoms with van der Waals surface area (Å²) in [4.78, 5) is 12.3. The van der Waals surface area contributed by atoms with Gasteiger partial charge in [0, 0.05) is 18.1 Å². The molecule has 0 saturated carbocycles. The van der Waals surface area contributed by atoms with Gasteiger partial charge >= 0.3 is 6.09 Å². The molecule has 164 valence electrons. The van der Waals surface area contributed by atoms with E-state index in [9.17, 15) is 4.79 Å². The number of alkyl carbamates (subject to hydrolysis) is 1. The Morgan fingerprint density at radius 3 is 2.10 bits per heavy atom. The monoisotopic (exact) mass is 412 g/mol. The molecule has 2 aromatic carbocycles. The Kier molecular flexibility index (Phi) is 8.30. The fourth-order valence-corrected chi connectivity index (χ4v) is 2.83. The van der Waals surface area contributed by atoms with Gasteiger partial charge in [-0.25, -0.2) is 4.79 Å². The van der Waals surface area contributed by atoms with Gasteiger partial charge in [-0.05, 0) is 71.2 Å². The normalized spacial score (nSPS) is 12.9. The third-order valence-electron chi connectivity index (χ3n) is 4.25. The number of carbonyl (C=O) groups is 1. The van der Waals surface area contributed by atoms with Crippen molar-refractivity contribution in [1.82, 2.24) is 10.6 Å². The molecule has 1 atom stereocenters. The molecule has 0 fully saturated rings. The van der Waals surface area contributed by atoms with E-state index in [1.807, 2.05) is 75.4 Å². The maximum Gasteiger partial charge on any atom is 0.407 e. The van der Waals surface area contributed by atoms with Crippen molar-refractivity contribution in [3.63, 3.8) is 0 Å². The van der Waals surface area contributed by atoms with Gasteiger partial charge in [0.15, 0.2) is 0 Å². The van der Waals surface area contributed by atoms with Gasteiger partial charge in [-0.3, -0.25) is 0 Å². The third-order valence-corrected chi connectivity index (χ3v) is 4.25. The van der Waals surface area contributed by atoms with Crippen LogP contribution in [0.25, 0.3) is 0 Å². The fraction of sp³-hybridized carbons (Fsp3) is 0.480. The van der Waals surface area contributed by atoms with Crippen LogP contribution < -0.4 is 15.4 Å². The molecule has 0 saturated heterocycles. The molecule has 0 aliphatic heterocycles. The van der Waals surface area contributed by atoms with E-state index in [4.69, 9.17) is 9.47 Å². The Balaban J connectivity index is 1.96. The van der Waals surface area contributed by atoms with Crippen molar-refractivity contribution in [2.75, 3.05) is 6.54 Å². The molecule has 0 bridgehead atoms. The summed E-state index contributed by atoms with van der Waals surface area (Å²) in [6, 6.07) is 18.0. The van der Waals surface area contributed by atoms with Gasteiger partial charge in [0.25, 0.3) is 0 Å². The first-order valence-electron chi connectivity index (χ1n) is 10.5. The molecule has 0 spiro atoms. The molecule has 0 aliphatic rings. The van der Waals surface area contributed by atoms with Crippen LogP contribution in [-0.4, -0.2) is 29.8 Å². The van der Waals surface area contributed by atoms with Crippen molar-refractivity contribution in [3.05, 3.63) is 65.7 Å². The smallest absolute Gasteiger partial charge is 0.407 e. The molecular weight excluding hydrogens is 376 g/mol. The van der Waals surface area contributed by atoms with Crippen LogP contribution in [0, 0.1) is 0 Å². The van der Waals surface area contributed by atoms with Crippen molar-refractivity contribution in [3.8, 4) is 5.75 Å². The Morgan fingerprint density at radius 2 is 1.53 bits per heavy atom. The SMILES string of the molecule is CC(C)(C)NCC(Cc1ccc(OCc2ccccc2)cc1)NC(=O)OC(C)(C)C. The van der Waals surface area contributed by atoms with E-state index in [2.05, 4.69) is 31.4 Å². The summed E-state index contributed by atoms with van der Waals surface area (Å²) >= 11 is 0. The van der Waals surface area contributed by atoms with E-state index in [1.165, 1.54) is 0 Å². The average Bonchev–Trinajstić information content (AvgIpc) is 2.64. The topological polar surface area (TPSA) is 59.6 Å². The van der Waals surface area contributed by atoms with Crippen LogP contribution in [0.4, 0.5) is 4.79 Å². The molecule has 0 aliphatic carbocycles. The first-order valence-corrected chi connectivity index (χ1v) is 10.5. The van der Waals surface area contributed by atoms with Gasteiger partial charge in [0.2, 0.25) is 0 Å². The number of carbonyl (C=O) groups excluding carboxylic acids is 1. The van der Waals surface area contributed by atoms with Crippen molar-refractivity contribution in [1.29, 1.82) is 0 Å². The Hall–Kier alpha value is -2.53. The predicted molar refractivity (Wildman–Crippen MR) is 122 cm³/mol. The van der Waals surface area contributed by atoms with Crippen molar-refractivity contribution < 1.29 is 14.3 Å². The number of hydrogen-bond donors (Lipinski definition) is 2. The summed E-state index contributed by atoms with van der Waals surface area (Å²) in [6.07, 6.45) is 0.299. The van der Waals surface area contributed by atoms with Gasteiger partial charge in [0.1, 0.15) is 18.0 Å². The molecule has 1 amide bonds. The predicted octanol–water partition coefficient (Wildman–Crippen LogP) is 5.09. The summed E-state index contributed by atoms with van der Waals surface area (Å²) in [5.41, 5.74) is 1.70. The molecule has 0 heterocycles. The number of benzene rings is 2. The molecule has 30 heavy (non-hydrogen) atoms. The summed E-state index contributed by atoms with van der Waals surface area (Å²) in [7, 11) is 0. The number of rotatable bonds is 8. The van der Waals surface area contributed by atoms with Crippen LogP contribution in [0.3, 0.4) is 0 Å². The summed E-state index contributed by atoms with van der Waals surface area (Å²) in [6.45, 7) is 13.1. The van der Waals surface area contributed by atoms with E-state index in [-0.39, 0.29) is 11.6 Å². The van der Waals surface area contributed by atoms with E-state index >= 15 is 0 Å². The molecule has 2 N–H and O–H groups in total. The van der Waals surface area contributed by atoms with Crippen LogP contribution in [-0.2, 0) is 17.8 Å². The molecule has 1 unspecified atom stereocenters. The second kappa shape index (κ2) is 10.5. The zero-order valence-corrected chi connectivity index (χ0v) is 19.1. The second-order valence-electron chi connectivity index (χ2n) is 9.60. The number of amides is 1. The van der Waals surface area contributed by atoms with Gasteiger partial charge in [-0.15, -0.1) is 0 Å². The van der Waals surface area contributed by atoms with Crippen LogP contribution in [0.2, 0.25) is 0 Å². The number of hydrogen-bond acceptors (Lipinski definition) is 4. The number of nitrogens with one attached hydrogen (secondary N) is 2. The summed E-state index contributed by atoms with van der Waals surface area (Å²) < 4.78 is 11.3. The highest BCUT2D eigenvalue weighted by atomic mass is 16.6. The molecular formula is C25H36N2O3. The Labute approximate surface area is 181 Å². The lowest BCUT2D eigenvalue weighted by Crippen LogP contribution is -2.49. The lowest BCUT2D eigenvalue weighted by Gasteiger charge is -2.27. The van der Waals surface area contributed by atoms with Crippen molar-refractivity contribution >= 4 is 6.09 Å². The minimum Gasteiger partial charge on any atom is -0.489 e. The van der Waals surface area contributed by atoms with Crippen molar-refractivity contribution in [2.45, 2.75) is 71.8 Å². The summed E-state index contributed by atoms with van der Waals surface area (Å²) in [5.74, 6) is 0.826. The summed E-state index contributed by atoms with van der Waals surface area (Å²) in [5, 5.41) is 6.47. The maximum absolute atomic E-state index is 12.3. The van der Waals surface area contributed by atoms with Gasteiger partial charge in [-0.2, -0.15) is 0 Å². The average molecular weight is 413 g/mol. The van der Waals surface area contributed by atoms with Crippen LogP contribution in [0.1, 0.15) is 52.7 Å². The lowest BCUT2D eigenvalue weighted by atomic mass is 10.0. The van der Waals surface area contributed by atoms with Gasteiger partial charge in [0.05, 0.1) is 0 Å². The molecule has 2 aromatic rings. The van der Waals surface area contributed by atoms with Crippen LogP contribution >= 0.6 is 0 Å². The highest BCUT2D eigenvalue weighted by Crippen LogP contribution is 2.16. The maximum atomic E-state index is 12.3.